The van der Waals surface area contributed by atoms with E-state index in [9.17, 15) is 9.90 Å². The predicted molar refractivity (Wildman–Crippen MR) is 111 cm³/mol. The molecule has 1 atom stereocenters. The van der Waals surface area contributed by atoms with E-state index in [4.69, 9.17) is 4.74 Å². The average Bonchev–Trinajstić information content (AvgIpc) is 3.31. The summed E-state index contributed by atoms with van der Waals surface area (Å²) >= 11 is 1.39. The summed E-state index contributed by atoms with van der Waals surface area (Å²) in [7, 11) is 3.65. The van der Waals surface area contributed by atoms with Gasteiger partial charge in [-0.05, 0) is 12.1 Å². The Kier molecular flexibility index (Phi) is 5.91. The third-order valence-corrected chi connectivity index (χ3v) is 6.38. The number of aryl methyl sites for hydroxylation is 1. The molecule has 3 aromatic rings. The van der Waals surface area contributed by atoms with Crippen LogP contribution in [-0.2, 0) is 18.3 Å². The molecule has 4 rings (SSSR count). The maximum atomic E-state index is 13.1. The minimum absolute atomic E-state index is 0.0703. The van der Waals surface area contributed by atoms with E-state index in [0.717, 1.165) is 34.6 Å². The molecule has 1 amide bonds. The second-order valence-electron chi connectivity index (χ2n) is 7.19. The summed E-state index contributed by atoms with van der Waals surface area (Å²) in [6, 6.07) is 5.91. The number of aliphatic hydroxyl groups excluding tert-OH is 1. The number of hydrogen-bond donors (Lipinski definition) is 1. The number of carbonyl (C=O) groups excluding carboxylic acids is 1. The lowest BCUT2D eigenvalue weighted by Gasteiger charge is -2.33. The molecule has 1 fully saturated rings. The summed E-state index contributed by atoms with van der Waals surface area (Å²) in [5.41, 5.74) is 2.05. The number of aliphatic hydroxyl groups is 1. The molecule has 29 heavy (non-hydrogen) atoms. The van der Waals surface area contributed by atoms with Crippen molar-refractivity contribution in [2.24, 2.45) is 7.05 Å². The normalized spacial score (nSPS) is 17.7. The van der Waals surface area contributed by atoms with E-state index >= 15 is 0 Å². The van der Waals surface area contributed by atoms with Gasteiger partial charge in [0, 0.05) is 63.6 Å². The minimum atomic E-state index is -0.212. The van der Waals surface area contributed by atoms with E-state index < -0.39 is 0 Å². The molecule has 0 saturated carbocycles. The summed E-state index contributed by atoms with van der Waals surface area (Å²) < 4.78 is 8.02. The quantitative estimate of drug-likeness (QED) is 0.659. The molecule has 8 nitrogen and oxygen atoms in total. The van der Waals surface area contributed by atoms with Gasteiger partial charge >= 0.3 is 0 Å². The summed E-state index contributed by atoms with van der Waals surface area (Å²) in [5, 5.41) is 14.4. The second kappa shape index (κ2) is 8.58. The molecule has 9 heteroatoms. The molecule has 3 aromatic heterocycles. The second-order valence-corrected chi connectivity index (χ2v) is 8.19. The van der Waals surface area contributed by atoms with Gasteiger partial charge in [-0.2, -0.15) is 5.10 Å². The summed E-state index contributed by atoms with van der Waals surface area (Å²) in [6.07, 6.45) is 3.33. The SMILES string of the molecule is CN(CCO)C(=O)c1sc2ncccc2c1[C@@H]1CN(Cc2ccnn2C)CCO1. The molecule has 0 spiro atoms. The highest BCUT2D eigenvalue weighted by Crippen LogP contribution is 2.38. The van der Waals surface area contributed by atoms with Crippen molar-refractivity contribution in [2.75, 3.05) is 39.9 Å². The lowest BCUT2D eigenvalue weighted by atomic mass is 10.0. The molecular weight excluding hydrogens is 390 g/mol. The van der Waals surface area contributed by atoms with Crippen LogP contribution in [0.15, 0.2) is 30.6 Å². The first-order valence-electron chi connectivity index (χ1n) is 9.63. The van der Waals surface area contributed by atoms with Crippen LogP contribution in [0.4, 0.5) is 0 Å². The van der Waals surface area contributed by atoms with Gasteiger partial charge in [0.25, 0.3) is 5.91 Å². The average molecular weight is 416 g/mol. The van der Waals surface area contributed by atoms with Crippen molar-refractivity contribution in [3.63, 3.8) is 0 Å². The Morgan fingerprint density at radius 3 is 3.03 bits per heavy atom. The van der Waals surface area contributed by atoms with Crippen molar-refractivity contribution in [2.45, 2.75) is 12.6 Å². The Labute approximate surface area is 173 Å². The number of rotatable bonds is 6. The first-order valence-corrected chi connectivity index (χ1v) is 10.4. The molecule has 0 aromatic carbocycles. The Balaban J connectivity index is 1.65. The van der Waals surface area contributed by atoms with Crippen LogP contribution in [0.5, 0.6) is 0 Å². The van der Waals surface area contributed by atoms with Crippen LogP contribution in [0.25, 0.3) is 10.2 Å². The smallest absolute Gasteiger partial charge is 0.264 e. The minimum Gasteiger partial charge on any atom is -0.395 e. The van der Waals surface area contributed by atoms with E-state index in [-0.39, 0.29) is 25.2 Å². The number of carbonyl (C=O) groups is 1. The van der Waals surface area contributed by atoms with Gasteiger partial charge in [0.1, 0.15) is 9.71 Å². The lowest BCUT2D eigenvalue weighted by Crippen LogP contribution is -2.39. The maximum absolute atomic E-state index is 13.1. The zero-order valence-electron chi connectivity index (χ0n) is 16.6. The fraction of sp³-hybridized carbons (Fsp3) is 0.450. The van der Waals surface area contributed by atoms with Crippen LogP contribution in [0.2, 0.25) is 0 Å². The Morgan fingerprint density at radius 1 is 1.41 bits per heavy atom. The Bertz CT molecular complexity index is 1000. The van der Waals surface area contributed by atoms with Crippen molar-refractivity contribution in [3.05, 3.63) is 46.7 Å². The van der Waals surface area contributed by atoms with E-state index in [0.29, 0.717) is 18.0 Å². The highest BCUT2D eigenvalue weighted by atomic mass is 32.1. The largest absolute Gasteiger partial charge is 0.395 e. The summed E-state index contributed by atoms with van der Waals surface area (Å²) in [4.78, 5) is 22.9. The number of nitrogens with zero attached hydrogens (tertiary/aromatic N) is 5. The van der Waals surface area contributed by atoms with Crippen molar-refractivity contribution in [1.29, 1.82) is 0 Å². The number of likely N-dealkylation sites (N-methyl/N-ethyl adjacent to an activating group) is 1. The topological polar surface area (TPSA) is 83.7 Å². The third-order valence-electron chi connectivity index (χ3n) is 5.26. The van der Waals surface area contributed by atoms with Crippen molar-refractivity contribution < 1.29 is 14.6 Å². The number of amides is 1. The van der Waals surface area contributed by atoms with E-state index in [1.54, 1.807) is 24.3 Å². The number of pyridine rings is 1. The molecule has 0 unspecified atom stereocenters. The fourth-order valence-electron chi connectivity index (χ4n) is 3.66. The Morgan fingerprint density at radius 2 is 2.28 bits per heavy atom. The monoisotopic (exact) mass is 415 g/mol. The summed E-state index contributed by atoms with van der Waals surface area (Å²) in [6.45, 7) is 3.12. The van der Waals surface area contributed by atoms with Crippen LogP contribution in [0, 0.1) is 0 Å². The zero-order chi connectivity index (χ0) is 20.4. The van der Waals surface area contributed by atoms with Crippen LogP contribution in [-0.4, -0.2) is 75.5 Å². The van der Waals surface area contributed by atoms with Gasteiger partial charge in [-0.25, -0.2) is 4.98 Å². The lowest BCUT2D eigenvalue weighted by molar-refractivity contribution is -0.0330. The molecule has 0 bridgehead atoms. The van der Waals surface area contributed by atoms with Gasteiger partial charge in [-0.1, -0.05) is 6.07 Å². The molecule has 1 saturated heterocycles. The van der Waals surface area contributed by atoms with Gasteiger partial charge in [0.2, 0.25) is 0 Å². The van der Waals surface area contributed by atoms with E-state index in [1.165, 1.54) is 11.3 Å². The molecule has 1 aliphatic heterocycles. The number of fused-ring (bicyclic) bond motifs is 1. The fourth-order valence-corrected chi connectivity index (χ4v) is 4.85. The third kappa shape index (κ3) is 4.04. The van der Waals surface area contributed by atoms with Gasteiger partial charge in [0.05, 0.1) is 25.0 Å². The maximum Gasteiger partial charge on any atom is 0.264 e. The van der Waals surface area contributed by atoms with Crippen LogP contribution < -0.4 is 0 Å². The molecule has 4 heterocycles. The van der Waals surface area contributed by atoms with Crippen molar-refractivity contribution >= 4 is 27.5 Å². The van der Waals surface area contributed by atoms with E-state index in [2.05, 4.69) is 15.0 Å². The first-order chi connectivity index (χ1) is 14.1. The van der Waals surface area contributed by atoms with Gasteiger partial charge in [-0.3, -0.25) is 14.4 Å². The van der Waals surface area contributed by atoms with Gasteiger partial charge in [-0.15, -0.1) is 11.3 Å². The number of ether oxygens (including phenoxy) is 1. The highest BCUT2D eigenvalue weighted by molar-refractivity contribution is 7.20. The van der Waals surface area contributed by atoms with Gasteiger partial charge < -0.3 is 14.7 Å². The molecule has 154 valence electrons. The number of thiophene rings is 1. The van der Waals surface area contributed by atoms with Crippen LogP contribution in [0.1, 0.15) is 27.0 Å². The number of hydrogen-bond acceptors (Lipinski definition) is 7. The zero-order valence-corrected chi connectivity index (χ0v) is 17.4. The standard InChI is InChI=1S/C20H25N5O3S/c1-23(8-10-26)20(27)18-17(15-4-3-6-21-19(15)29-18)16-13-25(9-11-28-16)12-14-5-7-22-24(14)2/h3-7,16,26H,8-13H2,1-2H3/t16-/m0/s1. The summed E-state index contributed by atoms with van der Waals surface area (Å²) in [5.74, 6) is -0.107. The predicted octanol–water partition coefficient (Wildman–Crippen LogP) is 1.67. The Hall–Kier alpha value is -2.33. The van der Waals surface area contributed by atoms with Gasteiger partial charge in [0.15, 0.2) is 0 Å². The first kappa shape index (κ1) is 20.0. The molecule has 1 aliphatic rings. The highest BCUT2D eigenvalue weighted by Gasteiger charge is 2.31. The molecule has 0 radical (unpaired) electrons. The van der Waals surface area contributed by atoms with Crippen molar-refractivity contribution in [3.8, 4) is 0 Å². The molecule has 1 N–H and O–H groups in total. The van der Waals surface area contributed by atoms with Crippen molar-refractivity contribution in [1.82, 2.24) is 24.6 Å². The van der Waals surface area contributed by atoms with Crippen LogP contribution in [0.3, 0.4) is 0 Å². The number of aromatic nitrogens is 3. The van der Waals surface area contributed by atoms with E-state index in [1.807, 2.05) is 29.9 Å². The molecule has 0 aliphatic carbocycles. The molecular formula is C20H25N5O3S. The van der Waals surface area contributed by atoms with Crippen LogP contribution >= 0.6 is 11.3 Å². The number of morpholine rings is 1.